The van der Waals surface area contributed by atoms with Crippen LogP contribution in [0.1, 0.15) is 37.1 Å². The van der Waals surface area contributed by atoms with Crippen LogP contribution in [-0.4, -0.2) is 40.9 Å². The van der Waals surface area contributed by atoms with E-state index in [4.69, 9.17) is 0 Å². The van der Waals surface area contributed by atoms with E-state index in [0.29, 0.717) is 17.7 Å². The number of nitrogens with zero attached hydrogens (tertiary/aromatic N) is 6. The maximum Gasteiger partial charge on any atom is 0.233 e. The number of rotatable bonds is 7. The van der Waals surface area contributed by atoms with Crippen LogP contribution in [0.15, 0.2) is 41.9 Å². The van der Waals surface area contributed by atoms with Crippen molar-refractivity contribution >= 4 is 17.7 Å². The van der Waals surface area contributed by atoms with E-state index in [1.165, 1.54) is 24.6 Å². The van der Waals surface area contributed by atoms with E-state index in [1.54, 1.807) is 4.68 Å². The van der Waals surface area contributed by atoms with E-state index in [9.17, 15) is 4.79 Å². The van der Waals surface area contributed by atoms with Gasteiger partial charge in [-0.05, 0) is 54.8 Å². The molecule has 0 unspecified atom stereocenters. The van der Waals surface area contributed by atoms with Gasteiger partial charge in [0.1, 0.15) is 0 Å². The molecule has 0 aliphatic heterocycles. The number of tetrazole rings is 1. The molecule has 1 fully saturated rings. The van der Waals surface area contributed by atoms with Crippen molar-refractivity contribution in [3.63, 3.8) is 0 Å². The standard InChI is InChI=1S/C18H21N7OS/c1-12-4-3-5-15(8-12)25-18(21-22-23-25)27-13(2)17(26)20-10-16-9-19-11-24(16)14-6-7-14/h3-5,8-9,11,13-14H,6-7,10H2,1-2H3,(H,20,26)/t13-/m1/s1. The molecule has 1 atom stereocenters. The van der Waals surface area contributed by atoms with Gasteiger partial charge in [0, 0.05) is 12.2 Å². The zero-order chi connectivity index (χ0) is 18.8. The van der Waals surface area contributed by atoms with Crippen LogP contribution in [-0.2, 0) is 11.3 Å². The molecule has 2 heterocycles. The molecule has 8 nitrogen and oxygen atoms in total. The summed E-state index contributed by atoms with van der Waals surface area (Å²) >= 11 is 1.34. The molecule has 0 saturated heterocycles. The quantitative estimate of drug-likeness (QED) is 0.630. The average molecular weight is 383 g/mol. The minimum Gasteiger partial charge on any atom is -0.350 e. The molecular weight excluding hydrogens is 362 g/mol. The van der Waals surface area contributed by atoms with Crippen LogP contribution in [0.5, 0.6) is 0 Å². The van der Waals surface area contributed by atoms with Crippen molar-refractivity contribution < 1.29 is 4.79 Å². The zero-order valence-electron chi connectivity index (χ0n) is 15.2. The first kappa shape index (κ1) is 17.7. The fraction of sp³-hybridized carbons (Fsp3) is 0.389. The Morgan fingerprint density at radius 3 is 3.04 bits per heavy atom. The van der Waals surface area contributed by atoms with Crippen LogP contribution in [0.25, 0.3) is 5.69 Å². The Morgan fingerprint density at radius 1 is 1.41 bits per heavy atom. The van der Waals surface area contributed by atoms with Gasteiger partial charge in [0.25, 0.3) is 0 Å². The molecule has 4 rings (SSSR count). The van der Waals surface area contributed by atoms with Crippen LogP contribution in [0.2, 0.25) is 0 Å². The second kappa shape index (κ2) is 7.51. The minimum atomic E-state index is -0.322. The summed E-state index contributed by atoms with van der Waals surface area (Å²) in [5.74, 6) is -0.0534. The van der Waals surface area contributed by atoms with Gasteiger partial charge in [-0.25, -0.2) is 4.98 Å². The van der Waals surface area contributed by atoms with Crippen molar-refractivity contribution in [3.05, 3.63) is 48.0 Å². The van der Waals surface area contributed by atoms with E-state index in [-0.39, 0.29) is 11.2 Å². The summed E-state index contributed by atoms with van der Waals surface area (Å²) in [7, 11) is 0. The first-order chi connectivity index (χ1) is 13.1. The van der Waals surface area contributed by atoms with Gasteiger partial charge in [-0.3, -0.25) is 4.79 Å². The van der Waals surface area contributed by atoms with Crippen LogP contribution in [0.4, 0.5) is 0 Å². The summed E-state index contributed by atoms with van der Waals surface area (Å²) in [4.78, 5) is 16.7. The molecule has 1 aliphatic rings. The van der Waals surface area contributed by atoms with Crippen LogP contribution < -0.4 is 5.32 Å². The summed E-state index contributed by atoms with van der Waals surface area (Å²) in [5.41, 5.74) is 3.04. The summed E-state index contributed by atoms with van der Waals surface area (Å²) in [6.45, 7) is 4.35. The van der Waals surface area contributed by atoms with E-state index in [0.717, 1.165) is 16.9 Å². The highest BCUT2D eigenvalue weighted by Crippen LogP contribution is 2.35. The Labute approximate surface area is 161 Å². The van der Waals surface area contributed by atoms with Gasteiger partial charge in [-0.2, -0.15) is 4.68 Å². The predicted molar refractivity (Wildman–Crippen MR) is 102 cm³/mol. The highest BCUT2D eigenvalue weighted by molar-refractivity contribution is 8.00. The number of hydrogen-bond donors (Lipinski definition) is 1. The van der Waals surface area contributed by atoms with Crippen molar-refractivity contribution in [2.24, 2.45) is 0 Å². The molecule has 1 saturated carbocycles. The molecule has 0 radical (unpaired) electrons. The lowest BCUT2D eigenvalue weighted by molar-refractivity contribution is -0.120. The third-order valence-electron chi connectivity index (χ3n) is 4.47. The number of imidazole rings is 1. The summed E-state index contributed by atoms with van der Waals surface area (Å²) < 4.78 is 3.81. The SMILES string of the molecule is Cc1cccc(-n2nnnc2S[C@H](C)C(=O)NCc2cncn2C2CC2)c1. The van der Waals surface area contributed by atoms with Crippen LogP contribution >= 0.6 is 11.8 Å². The van der Waals surface area contributed by atoms with Gasteiger partial charge in [0.2, 0.25) is 11.1 Å². The fourth-order valence-electron chi connectivity index (χ4n) is 2.86. The van der Waals surface area contributed by atoms with Gasteiger partial charge in [0.05, 0.1) is 29.5 Å². The Hall–Kier alpha value is -2.68. The molecule has 9 heteroatoms. The summed E-state index contributed by atoms with van der Waals surface area (Å²) in [5, 5.41) is 15.1. The van der Waals surface area contributed by atoms with Gasteiger partial charge < -0.3 is 9.88 Å². The van der Waals surface area contributed by atoms with Crippen molar-refractivity contribution in [2.75, 3.05) is 0 Å². The molecule has 1 N–H and O–H groups in total. The predicted octanol–water partition coefficient (Wildman–Crippen LogP) is 2.30. The van der Waals surface area contributed by atoms with Crippen molar-refractivity contribution in [1.29, 1.82) is 0 Å². The second-order valence-electron chi connectivity index (χ2n) is 6.71. The lowest BCUT2D eigenvalue weighted by atomic mass is 10.2. The third kappa shape index (κ3) is 4.02. The first-order valence-corrected chi connectivity index (χ1v) is 9.80. The zero-order valence-corrected chi connectivity index (χ0v) is 16.1. The van der Waals surface area contributed by atoms with E-state index >= 15 is 0 Å². The van der Waals surface area contributed by atoms with Gasteiger partial charge in [-0.15, -0.1) is 5.10 Å². The fourth-order valence-corrected chi connectivity index (χ4v) is 3.69. The Balaban J connectivity index is 1.39. The van der Waals surface area contributed by atoms with Gasteiger partial charge in [-0.1, -0.05) is 23.9 Å². The van der Waals surface area contributed by atoms with E-state index in [2.05, 4.69) is 30.4 Å². The number of hydrogen-bond acceptors (Lipinski definition) is 6. The number of aryl methyl sites for hydroxylation is 1. The molecule has 27 heavy (non-hydrogen) atoms. The normalized spacial score (nSPS) is 14.9. The molecule has 1 aromatic carbocycles. The van der Waals surface area contributed by atoms with Crippen LogP contribution in [0.3, 0.4) is 0 Å². The summed E-state index contributed by atoms with van der Waals surface area (Å²) in [6.07, 6.45) is 6.03. The highest BCUT2D eigenvalue weighted by atomic mass is 32.2. The minimum absolute atomic E-state index is 0.0534. The Kier molecular flexibility index (Phi) is 4.93. The van der Waals surface area contributed by atoms with Crippen LogP contribution in [0, 0.1) is 6.92 Å². The Bertz CT molecular complexity index is 947. The molecular formula is C18H21N7OS. The largest absolute Gasteiger partial charge is 0.350 e. The van der Waals surface area contributed by atoms with Gasteiger partial charge >= 0.3 is 0 Å². The lowest BCUT2D eigenvalue weighted by Gasteiger charge is -2.13. The second-order valence-corrected chi connectivity index (χ2v) is 8.02. The van der Waals surface area contributed by atoms with E-state index < -0.39 is 0 Å². The van der Waals surface area contributed by atoms with Crippen molar-refractivity contribution in [2.45, 2.75) is 49.7 Å². The lowest BCUT2D eigenvalue weighted by Crippen LogP contribution is -2.31. The van der Waals surface area contributed by atoms with Gasteiger partial charge in [0.15, 0.2) is 0 Å². The molecule has 1 aliphatic carbocycles. The summed E-state index contributed by atoms with van der Waals surface area (Å²) in [6, 6.07) is 8.47. The molecule has 2 aromatic heterocycles. The van der Waals surface area contributed by atoms with Crippen molar-refractivity contribution in [1.82, 2.24) is 35.1 Å². The smallest absolute Gasteiger partial charge is 0.233 e. The number of benzene rings is 1. The molecule has 1 amide bonds. The number of carbonyl (C=O) groups excluding carboxylic acids is 1. The van der Waals surface area contributed by atoms with Crippen molar-refractivity contribution in [3.8, 4) is 5.69 Å². The first-order valence-electron chi connectivity index (χ1n) is 8.92. The number of nitrogens with one attached hydrogen (secondary N) is 1. The molecule has 0 bridgehead atoms. The maximum absolute atomic E-state index is 12.5. The van der Waals surface area contributed by atoms with E-state index in [1.807, 2.05) is 50.6 Å². The average Bonchev–Trinajstić information content (AvgIpc) is 3.21. The Morgan fingerprint density at radius 2 is 2.26 bits per heavy atom. The third-order valence-corrected chi connectivity index (χ3v) is 5.50. The monoisotopic (exact) mass is 383 g/mol. The number of thioether (sulfide) groups is 1. The molecule has 140 valence electrons. The number of carbonyl (C=O) groups is 1. The maximum atomic E-state index is 12.5. The number of aromatic nitrogens is 6. The highest BCUT2D eigenvalue weighted by Gasteiger charge is 2.25. The molecule has 3 aromatic rings. The number of amides is 1. The molecule has 0 spiro atoms. The topological polar surface area (TPSA) is 90.5 Å².